The lowest BCUT2D eigenvalue weighted by Crippen LogP contribution is -2.22. The summed E-state index contributed by atoms with van der Waals surface area (Å²) >= 11 is 0. The van der Waals surface area contributed by atoms with Crippen molar-refractivity contribution in [2.45, 2.75) is 13.3 Å². The Morgan fingerprint density at radius 2 is 2.64 bits per heavy atom. The minimum Gasteiger partial charge on any atom is -0.466 e. The molecule has 0 atom stereocenters. The van der Waals surface area contributed by atoms with Crippen molar-refractivity contribution in [3.63, 3.8) is 0 Å². The van der Waals surface area contributed by atoms with Crippen LogP contribution < -0.4 is 5.32 Å². The number of hydrogen-bond acceptors (Lipinski definition) is 4. The Balaban J connectivity index is 2.24. The standard InChI is InChI=1S/C7H12N2O2/c1-2-11-7(10)5-6-8-3-4-9-6/h2-5H2,1H3,(H,8,9). The third-order valence-corrected chi connectivity index (χ3v) is 1.36. The van der Waals surface area contributed by atoms with E-state index < -0.39 is 0 Å². The molecule has 0 saturated heterocycles. The molecule has 0 fully saturated rings. The Morgan fingerprint density at radius 3 is 3.18 bits per heavy atom. The number of esters is 1. The maximum atomic E-state index is 10.9. The zero-order valence-corrected chi connectivity index (χ0v) is 6.59. The van der Waals surface area contributed by atoms with E-state index in [1.807, 2.05) is 0 Å². The van der Waals surface area contributed by atoms with E-state index in [0.29, 0.717) is 6.61 Å². The summed E-state index contributed by atoms with van der Waals surface area (Å²) in [5.41, 5.74) is 0. The molecule has 11 heavy (non-hydrogen) atoms. The second-order valence-electron chi connectivity index (χ2n) is 2.24. The molecule has 0 aromatic carbocycles. The Morgan fingerprint density at radius 1 is 1.82 bits per heavy atom. The van der Waals surface area contributed by atoms with Crippen LogP contribution in [-0.2, 0) is 9.53 Å². The summed E-state index contributed by atoms with van der Waals surface area (Å²) in [5.74, 6) is 0.545. The molecule has 1 heterocycles. The predicted molar refractivity (Wildman–Crippen MR) is 41.6 cm³/mol. The van der Waals surface area contributed by atoms with E-state index >= 15 is 0 Å². The third-order valence-electron chi connectivity index (χ3n) is 1.36. The van der Waals surface area contributed by atoms with Gasteiger partial charge in [0.2, 0.25) is 0 Å². The Hall–Kier alpha value is -1.06. The van der Waals surface area contributed by atoms with Gasteiger partial charge in [-0.05, 0) is 6.92 Å². The number of carbonyl (C=O) groups is 1. The van der Waals surface area contributed by atoms with Crippen LogP contribution >= 0.6 is 0 Å². The van der Waals surface area contributed by atoms with E-state index in [1.54, 1.807) is 6.92 Å². The van der Waals surface area contributed by atoms with Crippen LogP contribution in [0.2, 0.25) is 0 Å². The highest BCUT2D eigenvalue weighted by Gasteiger charge is 2.10. The lowest BCUT2D eigenvalue weighted by atomic mass is 10.4. The Labute approximate surface area is 65.6 Å². The molecule has 0 radical (unpaired) electrons. The first-order valence-corrected chi connectivity index (χ1v) is 3.75. The van der Waals surface area contributed by atoms with Gasteiger partial charge in [0.05, 0.1) is 13.2 Å². The summed E-state index contributed by atoms with van der Waals surface area (Å²) in [5, 5.41) is 3.00. The number of nitrogens with zero attached hydrogens (tertiary/aromatic N) is 1. The topological polar surface area (TPSA) is 50.7 Å². The Kier molecular flexibility index (Phi) is 2.89. The zero-order valence-electron chi connectivity index (χ0n) is 6.59. The van der Waals surface area contributed by atoms with Gasteiger partial charge in [-0.3, -0.25) is 9.79 Å². The first kappa shape index (κ1) is 8.04. The van der Waals surface area contributed by atoms with Crippen LogP contribution in [0.1, 0.15) is 13.3 Å². The molecule has 62 valence electrons. The van der Waals surface area contributed by atoms with Crippen LogP contribution in [0, 0.1) is 0 Å². The fraction of sp³-hybridized carbons (Fsp3) is 0.714. The van der Waals surface area contributed by atoms with Gasteiger partial charge in [-0.15, -0.1) is 0 Å². The van der Waals surface area contributed by atoms with Crippen molar-refractivity contribution in [1.29, 1.82) is 0 Å². The molecule has 1 aliphatic rings. The molecular weight excluding hydrogens is 144 g/mol. The van der Waals surface area contributed by atoms with E-state index in [4.69, 9.17) is 4.74 Å². The molecule has 0 aliphatic carbocycles. The van der Waals surface area contributed by atoms with E-state index in [0.717, 1.165) is 18.9 Å². The summed E-state index contributed by atoms with van der Waals surface area (Å²) in [6, 6.07) is 0. The van der Waals surface area contributed by atoms with Gasteiger partial charge in [0, 0.05) is 6.54 Å². The minimum absolute atomic E-state index is 0.208. The van der Waals surface area contributed by atoms with Gasteiger partial charge in [-0.1, -0.05) is 0 Å². The largest absolute Gasteiger partial charge is 0.466 e. The van der Waals surface area contributed by atoms with Crippen molar-refractivity contribution < 1.29 is 9.53 Å². The quantitative estimate of drug-likeness (QED) is 0.582. The molecule has 4 heteroatoms. The van der Waals surface area contributed by atoms with Crippen molar-refractivity contribution in [3.8, 4) is 0 Å². The van der Waals surface area contributed by atoms with Crippen molar-refractivity contribution in [1.82, 2.24) is 5.32 Å². The van der Waals surface area contributed by atoms with Crippen molar-refractivity contribution in [3.05, 3.63) is 0 Å². The molecule has 0 aromatic rings. The van der Waals surface area contributed by atoms with Crippen LogP contribution in [0.3, 0.4) is 0 Å². The average molecular weight is 156 g/mol. The molecule has 1 rings (SSSR count). The Bertz CT molecular complexity index is 177. The van der Waals surface area contributed by atoms with E-state index in [2.05, 4.69) is 10.3 Å². The molecule has 4 nitrogen and oxygen atoms in total. The molecule has 0 unspecified atom stereocenters. The molecular formula is C7H12N2O2. The highest BCUT2D eigenvalue weighted by Crippen LogP contribution is 1.93. The normalized spacial score (nSPS) is 15.5. The first-order valence-electron chi connectivity index (χ1n) is 3.75. The third kappa shape index (κ3) is 2.57. The minimum atomic E-state index is -0.208. The van der Waals surface area contributed by atoms with Crippen LogP contribution in [0.25, 0.3) is 0 Å². The number of hydrogen-bond donors (Lipinski definition) is 1. The highest BCUT2D eigenvalue weighted by atomic mass is 16.5. The molecule has 1 aliphatic heterocycles. The van der Waals surface area contributed by atoms with Gasteiger partial charge in [-0.2, -0.15) is 0 Å². The monoisotopic (exact) mass is 156 g/mol. The summed E-state index contributed by atoms with van der Waals surface area (Å²) in [6.45, 7) is 3.84. The number of amidine groups is 1. The summed E-state index contributed by atoms with van der Waals surface area (Å²) in [6.07, 6.45) is 0.286. The number of rotatable bonds is 3. The predicted octanol–water partition coefficient (Wildman–Crippen LogP) is -0.0587. The first-order chi connectivity index (χ1) is 5.33. The second-order valence-corrected chi connectivity index (χ2v) is 2.24. The van der Waals surface area contributed by atoms with Gasteiger partial charge >= 0.3 is 5.97 Å². The maximum Gasteiger partial charge on any atom is 0.313 e. The van der Waals surface area contributed by atoms with Crippen LogP contribution in [0.4, 0.5) is 0 Å². The van der Waals surface area contributed by atoms with Gasteiger partial charge in [0.1, 0.15) is 12.3 Å². The smallest absolute Gasteiger partial charge is 0.313 e. The van der Waals surface area contributed by atoms with E-state index in [-0.39, 0.29) is 12.4 Å². The van der Waals surface area contributed by atoms with Gasteiger partial charge in [-0.25, -0.2) is 0 Å². The fourth-order valence-electron chi connectivity index (χ4n) is 0.914. The van der Waals surface area contributed by atoms with Crippen LogP contribution in [0.5, 0.6) is 0 Å². The molecule has 0 aromatic heterocycles. The van der Waals surface area contributed by atoms with E-state index in [1.165, 1.54) is 0 Å². The number of nitrogens with one attached hydrogen (secondary N) is 1. The van der Waals surface area contributed by atoms with Gasteiger partial charge in [0.15, 0.2) is 0 Å². The maximum absolute atomic E-state index is 10.9. The fourth-order valence-corrected chi connectivity index (χ4v) is 0.914. The lowest BCUT2D eigenvalue weighted by molar-refractivity contribution is -0.141. The highest BCUT2D eigenvalue weighted by molar-refractivity contribution is 5.98. The van der Waals surface area contributed by atoms with Gasteiger partial charge in [0.25, 0.3) is 0 Å². The van der Waals surface area contributed by atoms with Crippen molar-refractivity contribution >= 4 is 11.8 Å². The molecule has 0 amide bonds. The molecule has 0 saturated carbocycles. The van der Waals surface area contributed by atoms with Crippen LogP contribution in [0.15, 0.2) is 4.99 Å². The number of ether oxygens (including phenoxy) is 1. The SMILES string of the molecule is CCOC(=O)CC1=NCCN1. The summed E-state index contributed by atoms with van der Waals surface area (Å²) in [4.78, 5) is 14.9. The molecule has 0 spiro atoms. The van der Waals surface area contributed by atoms with Gasteiger partial charge < -0.3 is 10.1 Å². The van der Waals surface area contributed by atoms with Crippen molar-refractivity contribution in [2.24, 2.45) is 4.99 Å². The summed E-state index contributed by atoms with van der Waals surface area (Å²) < 4.78 is 4.74. The summed E-state index contributed by atoms with van der Waals surface area (Å²) in [7, 11) is 0. The van der Waals surface area contributed by atoms with Crippen LogP contribution in [-0.4, -0.2) is 31.5 Å². The van der Waals surface area contributed by atoms with Crippen molar-refractivity contribution in [2.75, 3.05) is 19.7 Å². The number of aliphatic imine (C=N–C) groups is 1. The lowest BCUT2D eigenvalue weighted by Gasteiger charge is -2.01. The average Bonchev–Trinajstić information content (AvgIpc) is 2.40. The second kappa shape index (κ2) is 3.95. The molecule has 1 N–H and O–H groups in total. The van der Waals surface area contributed by atoms with E-state index in [9.17, 15) is 4.79 Å². The zero-order chi connectivity index (χ0) is 8.10. The molecule has 0 bridgehead atoms. The number of carbonyl (C=O) groups excluding carboxylic acids is 1.